The van der Waals surface area contributed by atoms with Crippen LogP contribution in [0.2, 0.25) is 0 Å². The molecule has 1 unspecified atom stereocenters. The van der Waals surface area contributed by atoms with Gasteiger partial charge in [-0.2, -0.15) is 0 Å². The molecule has 1 aromatic carbocycles. The molecule has 0 saturated carbocycles. The standard InChI is InChI=1S/C13H19N3O3S/c1-14-20(18,19)9-8-16-13(17)11-6-7-15-12-5-3-2-4-10(11)12/h2-5,11,14-15H,6-9H2,1H3,(H,16,17). The van der Waals surface area contributed by atoms with Crippen LogP contribution in [0.3, 0.4) is 0 Å². The topological polar surface area (TPSA) is 87.3 Å². The van der Waals surface area contributed by atoms with Crippen LogP contribution in [0.5, 0.6) is 0 Å². The third kappa shape index (κ3) is 3.49. The molecule has 1 amide bonds. The summed E-state index contributed by atoms with van der Waals surface area (Å²) in [6.45, 7) is 0.859. The highest BCUT2D eigenvalue weighted by molar-refractivity contribution is 7.89. The molecule has 1 aromatic rings. The second-order valence-electron chi connectivity index (χ2n) is 4.67. The molecule has 0 bridgehead atoms. The third-order valence-corrected chi connectivity index (χ3v) is 4.75. The third-order valence-electron chi connectivity index (χ3n) is 3.38. The molecule has 7 heteroatoms. The Hall–Kier alpha value is -1.60. The van der Waals surface area contributed by atoms with Gasteiger partial charge in [0.2, 0.25) is 15.9 Å². The van der Waals surface area contributed by atoms with Gasteiger partial charge in [0.05, 0.1) is 11.7 Å². The largest absolute Gasteiger partial charge is 0.385 e. The normalized spacial score (nSPS) is 17.9. The number of carbonyl (C=O) groups excluding carboxylic acids is 1. The number of carbonyl (C=O) groups is 1. The van der Waals surface area contributed by atoms with Crippen molar-refractivity contribution in [2.24, 2.45) is 0 Å². The summed E-state index contributed by atoms with van der Waals surface area (Å²) in [6.07, 6.45) is 0.710. The quantitative estimate of drug-likeness (QED) is 0.727. The summed E-state index contributed by atoms with van der Waals surface area (Å²) in [5.41, 5.74) is 1.94. The van der Waals surface area contributed by atoms with Gasteiger partial charge in [0.25, 0.3) is 0 Å². The van der Waals surface area contributed by atoms with Crippen LogP contribution in [0.1, 0.15) is 17.9 Å². The van der Waals surface area contributed by atoms with Crippen molar-refractivity contribution in [2.75, 3.05) is 31.2 Å². The van der Waals surface area contributed by atoms with Crippen LogP contribution < -0.4 is 15.4 Å². The molecule has 1 atom stereocenters. The minimum absolute atomic E-state index is 0.109. The maximum atomic E-state index is 12.2. The zero-order chi connectivity index (χ0) is 14.6. The van der Waals surface area contributed by atoms with E-state index in [4.69, 9.17) is 0 Å². The predicted molar refractivity (Wildman–Crippen MR) is 78.1 cm³/mol. The fraction of sp³-hybridized carbons (Fsp3) is 0.462. The van der Waals surface area contributed by atoms with Crippen LogP contribution in [0.25, 0.3) is 0 Å². The molecule has 0 saturated heterocycles. The van der Waals surface area contributed by atoms with E-state index in [1.807, 2.05) is 24.3 Å². The van der Waals surface area contributed by atoms with E-state index in [2.05, 4.69) is 15.4 Å². The predicted octanol–water partition coefficient (Wildman–Crippen LogP) is 0.251. The van der Waals surface area contributed by atoms with Crippen molar-refractivity contribution in [3.63, 3.8) is 0 Å². The number of hydrogen-bond acceptors (Lipinski definition) is 4. The van der Waals surface area contributed by atoms with Crippen LogP contribution in [0, 0.1) is 0 Å². The molecular formula is C13H19N3O3S. The zero-order valence-corrected chi connectivity index (χ0v) is 12.2. The summed E-state index contributed by atoms with van der Waals surface area (Å²) < 4.78 is 24.8. The lowest BCUT2D eigenvalue weighted by molar-refractivity contribution is -0.122. The van der Waals surface area contributed by atoms with E-state index < -0.39 is 10.0 Å². The van der Waals surface area contributed by atoms with Crippen LogP contribution in [0.15, 0.2) is 24.3 Å². The van der Waals surface area contributed by atoms with E-state index in [0.29, 0.717) is 6.42 Å². The second kappa shape index (κ2) is 6.23. The van der Waals surface area contributed by atoms with Gasteiger partial charge in [-0.15, -0.1) is 0 Å². The van der Waals surface area contributed by atoms with Gasteiger partial charge in [-0.25, -0.2) is 13.1 Å². The van der Waals surface area contributed by atoms with Gasteiger partial charge in [-0.05, 0) is 25.1 Å². The van der Waals surface area contributed by atoms with Crippen molar-refractivity contribution < 1.29 is 13.2 Å². The Morgan fingerprint density at radius 3 is 2.90 bits per heavy atom. The fourth-order valence-corrected chi connectivity index (χ4v) is 2.85. The van der Waals surface area contributed by atoms with Crippen molar-refractivity contribution >= 4 is 21.6 Å². The smallest absolute Gasteiger partial charge is 0.227 e. The maximum absolute atomic E-state index is 12.2. The average molecular weight is 297 g/mol. The lowest BCUT2D eigenvalue weighted by atomic mass is 9.90. The molecule has 0 fully saturated rings. The Labute approximate surface area is 119 Å². The van der Waals surface area contributed by atoms with Crippen molar-refractivity contribution in [1.29, 1.82) is 0 Å². The number of sulfonamides is 1. The first-order valence-electron chi connectivity index (χ1n) is 6.55. The van der Waals surface area contributed by atoms with Gasteiger partial charge in [0, 0.05) is 18.8 Å². The summed E-state index contributed by atoms with van der Waals surface area (Å²) in [7, 11) is -1.92. The molecule has 1 aliphatic heterocycles. The van der Waals surface area contributed by atoms with E-state index >= 15 is 0 Å². The molecule has 0 aromatic heterocycles. The number of hydrogen-bond donors (Lipinski definition) is 3. The van der Waals surface area contributed by atoms with Crippen molar-refractivity contribution in [3.8, 4) is 0 Å². The number of fused-ring (bicyclic) bond motifs is 1. The summed E-state index contributed by atoms with van der Waals surface area (Å²) in [5.74, 6) is -0.447. The monoisotopic (exact) mass is 297 g/mol. The molecule has 0 aliphatic carbocycles. The molecule has 0 spiro atoms. The minimum Gasteiger partial charge on any atom is -0.385 e. The Morgan fingerprint density at radius 1 is 1.40 bits per heavy atom. The van der Waals surface area contributed by atoms with Crippen LogP contribution in [-0.2, 0) is 14.8 Å². The van der Waals surface area contributed by atoms with Crippen molar-refractivity contribution in [1.82, 2.24) is 10.0 Å². The zero-order valence-electron chi connectivity index (χ0n) is 11.3. The molecular weight excluding hydrogens is 278 g/mol. The molecule has 1 heterocycles. The lowest BCUT2D eigenvalue weighted by Crippen LogP contribution is -2.37. The van der Waals surface area contributed by atoms with Gasteiger partial charge >= 0.3 is 0 Å². The molecule has 20 heavy (non-hydrogen) atoms. The first-order chi connectivity index (χ1) is 9.53. The molecule has 0 radical (unpaired) electrons. The number of rotatable bonds is 5. The van der Waals surface area contributed by atoms with Crippen LogP contribution in [0.4, 0.5) is 5.69 Å². The SMILES string of the molecule is CNS(=O)(=O)CCNC(=O)C1CCNc2ccccc21. The van der Waals surface area contributed by atoms with E-state index in [9.17, 15) is 13.2 Å². The van der Waals surface area contributed by atoms with Gasteiger partial charge in [-0.1, -0.05) is 18.2 Å². The van der Waals surface area contributed by atoms with E-state index in [-0.39, 0.29) is 24.1 Å². The summed E-state index contributed by atoms with van der Waals surface area (Å²) in [5, 5.41) is 5.95. The lowest BCUT2D eigenvalue weighted by Gasteiger charge is -2.25. The molecule has 110 valence electrons. The van der Waals surface area contributed by atoms with E-state index in [0.717, 1.165) is 17.8 Å². The number of para-hydroxylation sites is 1. The highest BCUT2D eigenvalue weighted by atomic mass is 32.2. The summed E-state index contributed by atoms with van der Waals surface area (Å²) in [4.78, 5) is 12.2. The van der Waals surface area contributed by atoms with Gasteiger partial charge in [-0.3, -0.25) is 4.79 Å². The first-order valence-corrected chi connectivity index (χ1v) is 8.20. The fourth-order valence-electron chi connectivity index (χ4n) is 2.27. The average Bonchev–Trinajstić information content (AvgIpc) is 2.46. The minimum atomic E-state index is -3.28. The second-order valence-corrected chi connectivity index (χ2v) is 6.72. The highest BCUT2D eigenvalue weighted by Crippen LogP contribution is 2.31. The van der Waals surface area contributed by atoms with Gasteiger partial charge in [0.15, 0.2) is 0 Å². The van der Waals surface area contributed by atoms with Gasteiger partial charge < -0.3 is 10.6 Å². The maximum Gasteiger partial charge on any atom is 0.227 e. The number of amides is 1. The molecule has 2 rings (SSSR count). The number of nitrogens with one attached hydrogen (secondary N) is 3. The Kier molecular flexibility index (Phi) is 4.61. The Morgan fingerprint density at radius 2 is 2.15 bits per heavy atom. The van der Waals surface area contributed by atoms with Gasteiger partial charge in [0.1, 0.15) is 0 Å². The van der Waals surface area contributed by atoms with Crippen LogP contribution >= 0.6 is 0 Å². The highest BCUT2D eigenvalue weighted by Gasteiger charge is 2.25. The Bertz CT molecular complexity index is 586. The van der Waals surface area contributed by atoms with E-state index in [1.165, 1.54) is 7.05 Å². The van der Waals surface area contributed by atoms with Crippen molar-refractivity contribution in [2.45, 2.75) is 12.3 Å². The number of benzene rings is 1. The molecule has 6 nitrogen and oxygen atoms in total. The summed E-state index contributed by atoms with van der Waals surface area (Å²) >= 11 is 0. The first kappa shape index (κ1) is 14.8. The molecule has 1 aliphatic rings. The molecule has 3 N–H and O–H groups in total. The number of anilines is 1. The van der Waals surface area contributed by atoms with Crippen molar-refractivity contribution in [3.05, 3.63) is 29.8 Å². The summed E-state index contributed by atoms with van der Waals surface area (Å²) in [6, 6.07) is 7.69. The van der Waals surface area contributed by atoms with E-state index in [1.54, 1.807) is 0 Å². The van der Waals surface area contributed by atoms with Crippen LogP contribution in [-0.4, -0.2) is 40.2 Å². The Balaban J connectivity index is 1.97.